The minimum absolute atomic E-state index is 0. The van der Waals surface area contributed by atoms with E-state index < -0.39 is 15.6 Å². The first-order valence-corrected chi connectivity index (χ1v) is 8.22. The first-order chi connectivity index (χ1) is 8.88. The topological polar surface area (TPSA) is 72.2 Å². The zero-order chi connectivity index (χ0) is 15.9. The first kappa shape index (κ1) is 20.4. The molecule has 1 aromatic rings. The molecule has 0 unspecified atom stereocenters. The Labute approximate surface area is 135 Å². The van der Waals surface area contributed by atoms with Crippen LogP contribution in [-0.4, -0.2) is 20.5 Å². The number of sulfonamides is 1. The van der Waals surface area contributed by atoms with Crippen LogP contribution in [0.4, 0.5) is 0 Å². The largest absolute Gasteiger partial charge is 0.324 e. The second kappa shape index (κ2) is 6.65. The molecule has 0 aliphatic carbocycles. The highest BCUT2D eigenvalue weighted by Gasteiger charge is 2.25. The average molecular weight is 335 g/mol. The summed E-state index contributed by atoms with van der Waals surface area (Å²) >= 11 is 0. The Balaban J connectivity index is 0.00000400. The molecule has 0 radical (unpaired) electrons. The fraction of sp³-hybridized carbons (Fsp3) is 0.600. The zero-order valence-corrected chi connectivity index (χ0v) is 15.6. The lowest BCUT2D eigenvalue weighted by molar-refractivity contribution is 0.497. The van der Waals surface area contributed by atoms with Gasteiger partial charge in [0.05, 0.1) is 4.90 Å². The van der Waals surface area contributed by atoms with Crippen LogP contribution in [-0.2, 0) is 10.0 Å². The molecule has 0 aromatic heterocycles. The lowest BCUT2D eigenvalue weighted by atomic mass is 9.95. The molecule has 0 bridgehead atoms. The lowest BCUT2D eigenvalue weighted by Gasteiger charge is -2.22. The van der Waals surface area contributed by atoms with Crippen LogP contribution in [0.1, 0.15) is 41.7 Å². The third-order valence-corrected chi connectivity index (χ3v) is 5.59. The summed E-state index contributed by atoms with van der Waals surface area (Å²) in [5.74, 6) is 0. The van der Waals surface area contributed by atoms with Gasteiger partial charge in [0.1, 0.15) is 0 Å². The summed E-state index contributed by atoms with van der Waals surface area (Å²) in [5.41, 5.74) is 10.1. The third kappa shape index (κ3) is 4.42. The highest BCUT2D eigenvalue weighted by Crippen LogP contribution is 2.29. The Morgan fingerprint density at radius 3 is 1.57 bits per heavy atom. The van der Waals surface area contributed by atoms with Crippen molar-refractivity contribution in [3.63, 3.8) is 0 Å². The van der Waals surface area contributed by atoms with Crippen molar-refractivity contribution < 1.29 is 8.42 Å². The van der Waals surface area contributed by atoms with E-state index in [9.17, 15) is 8.42 Å². The average Bonchev–Trinajstić information content (AvgIpc) is 2.31. The second-order valence-electron chi connectivity index (χ2n) is 6.27. The van der Waals surface area contributed by atoms with Crippen LogP contribution in [0.2, 0.25) is 0 Å². The van der Waals surface area contributed by atoms with E-state index in [1.807, 2.05) is 34.6 Å². The van der Waals surface area contributed by atoms with Crippen molar-refractivity contribution in [1.82, 2.24) is 4.72 Å². The molecule has 0 spiro atoms. The van der Waals surface area contributed by atoms with Gasteiger partial charge in [0, 0.05) is 12.1 Å². The predicted octanol–water partition coefficient (Wildman–Crippen LogP) is 2.67. The molecule has 0 aliphatic heterocycles. The SMILES string of the molecule is Cc1c(C)c(C)c(S(=O)(=O)NCC(C)(C)N)c(C)c1C.Cl. The Hall–Kier alpha value is -0.620. The summed E-state index contributed by atoms with van der Waals surface area (Å²) in [4.78, 5) is 0.391. The molecular formula is C15H27ClN2O2S. The minimum atomic E-state index is -3.55. The molecule has 0 heterocycles. The molecule has 0 atom stereocenters. The van der Waals surface area contributed by atoms with Crippen LogP contribution in [0, 0.1) is 34.6 Å². The molecule has 0 amide bonds. The fourth-order valence-corrected chi connectivity index (χ4v) is 4.04. The van der Waals surface area contributed by atoms with E-state index in [1.54, 1.807) is 13.8 Å². The van der Waals surface area contributed by atoms with Crippen molar-refractivity contribution >= 4 is 22.4 Å². The maximum Gasteiger partial charge on any atom is 0.241 e. The van der Waals surface area contributed by atoms with Gasteiger partial charge < -0.3 is 5.73 Å². The highest BCUT2D eigenvalue weighted by atomic mass is 35.5. The van der Waals surface area contributed by atoms with Gasteiger partial charge in [-0.25, -0.2) is 13.1 Å². The van der Waals surface area contributed by atoms with Crippen molar-refractivity contribution in [2.45, 2.75) is 58.9 Å². The van der Waals surface area contributed by atoms with Gasteiger partial charge in [0.25, 0.3) is 0 Å². The molecule has 0 fully saturated rings. The second-order valence-corrected chi connectivity index (χ2v) is 7.97. The summed E-state index contributed by atoms with van der Waals surface area (Å²) in [7, 11) is -3.55. The summed E-state index contributed by atoms with van der Waals surface area (Å²) in [6, 6.07) is 0. The molecule has 3 N–H and O–H groups in total. The highest BCUT2D eigenvalue weighted by molar-refractivity contribution is 7.89. The van der Waals surface area contributed by atoms with Crippen molar-refractivity contribution in [1.29, 1.82) is 0 Å². The van der Waals surface area contributed by atoms with Gasteiger partial charge in [0.2, 0.25) is 10.0 Å². The number of rotatable bonds is 4. The Kier molecular flexibility index (Phi) is 6.45. The van der Waals surface area contributed by atoms with Crippen LogP contribution in [0.3, 0.4) is 0 Å². The summed E-state index contributed by atoms with van der Waals surface area (Å²) < 4.78 is 27.8. The van der Waals surface area contributed by atoms with Crippen molar-refractivity contribution in [2.75, 3.05) is 6.54 Å². The van der Waals surface area contributed by atoms with E-state index in [0.717, 1.165) is 27.8 Å². The monoisotopic (exact) mass is 334 g/mol. The molecule has 4 nitrogen and oxygen atoms in total. The van der Waals surface area contributed by atoms with Gasteiger partial charge >= 0.3 is 0 Å². The Morgan fingerprint density at radius 1 is 0.905 bits per heavy atom. The number of halogens is 1. The molecular weight excluding hydrogens is 308 g/mol. The van der Waals surface area contributed by atoms with Crippen LogP contribution in [0.15, 0.2) is 4.90 Å². The number of hydrogen-bond donors (Lipinski definition) is 2. The maximum absolute atomic E-state index is 12.6. The minimum Gasteiger partial charge on any atom is -0.324 e. The van der Waals surface area contributed by atoms with Gasteiger partial charge in [-0.2, -0.15) is 0 Å². The Morgan fingerprint density at radius 2 is 1.24 bits per heavy atom. The number of nitrogens with one attached hydrogen (secondary N) is 1. The number of benzene rings is 1. The molecule has 6 heteroatoms. The van der Waals surface area contributed by atoms with Crippen molar-refractivity contribution in [3.8, 4) is 0 Å². The lowest BCUT2D eigenvalue weighted by Crippen LogP contribution is -2.45. The molecule has 21 heavy (non-hydrogen) atoms. The maximum atomic E-state index is 12.6. The van der Waals surface area contributed by atoms with Crippen LogP contribution < -0.4 is 10.5 Å². The molecule has 0 saturated heterocycles. The van der Waals surface area contributed by atoms with E-state index in [1.165, 1.54) is 0 Å². The van der Waals surface area contributed by atoms with Crippen molar-refractivity contribution in [2.24, 2.45) is 5.73 Å². The van der Waals surface area contributed by atoms with E-state index in [2.05, 4.69) is 4.72 Å². The smallest absolute Gasteiger partial charge is 0.241 e. The number of nitrogens with two attached hydrogens (primary N) is 1. The zero-order valence-electron chi connectivity index (χ0n) is 13.9. The van der Waals surface area contributed by atoms with E-state index >= 15 is 0 Å². The van der Waals surface area contributed by atoms with E-state index in [-0.39, 0.29) is 19.0 Å². The van der Waals surface area contributed by atoms with Gasteiger partial charge in [-0.1, -0.05) is 0 Å². The Bertz CT molecular complexity index is 603. The molecule has 0 aliphatic rings. The normalized spacial score (nSPS) is 12.2. The quantitative estimate of drug-likeness (QED) is 0.889. The fourth-order valence-electron chi connectivity index (χ4n) is 2.22. The van der Waals surface area contributed by atoms with Gasteiger partial charge in [-0.05, 0) is 76.3 Å². The molecule has 0 saturated carbocycles. The summed E-state index contributed by atoms with van der Waals surface area (Å²) in [5, 5.41) is 0. The van der Waals surface area contributed by atoms with Gasteiger partial charge in [-0.15, -0.1) is 12.4 Å². The van der Waals surface area contributed by atoms with Crippen molar-refractivity contribution in [3.05, 3.63) is 27.8 Å². The van der Waals surface area contributed by atoms with Crippen LogP contribution in [0.5, 0.6) is 0 Å². The predicted molar refractivity (Wildman–Crippen MR) is 90.8 cm³/mol. The molecule has 122 valence electrons. The van der Waals surface area contributed by atoms with Gasteiger partial charge in [0.15, 0.2) is 0 Å². The molecule has 1 aromatic carbocycles. The van der Waals surface area contributed by atoms with Gasteiger partial charge in [-0.3, -0.25) is 0 Å². The van der Waals surface area contributed by atoms with Crippen LogP contribution in [0.25, 0.3) is 0 Å². The standard InChI is InChI=1S/C15H26N2O2S.ClH/c1-9-10(2)12(4)14(13(5)11(9)3)20(18,19)17-8-15(6,7)16;/h17H,8,16H2,1-7H3;1H. The molecule has 1 rings (SSSR count). The first-order valence-electron chi connectivity index (χ1n) is 6.74. The van der Waals surface area contributed by atoms with E-state index in [0.29, 0.717) is 4.90 Å². The van der Waals surface area contributed by atoms with Crippen LogP contribution >= 0.6 is 12.4 Å². The van der Waals surface area contributed by atoms with E-state index in [4.69, 9.17) is 5.73 Å². The third-order valence-electron chi connectivity index (χ3n) is 3.92. The number of hydrogen-bond acceptors (Lipinski definition) is 3. The summed E-state index contributed by atoms with van der Waals surface area (Å²) in [6.45, 7) is 13.5. The summed E-state index contributed by atoms with van der Waals surface area (Å²) in [6.07, 6.45) is 0.